The van der Waals surface area contributed by atoms with Crippen molar-refractivity contribution in [2.75, 3.05) is 0 Å². The van der Waals surface area contributed by atoms with Crippen molar-refractivity contribution in [2.45, 2.75) is 45.1 Å². The Balaban J connectivity index is 1.94. The summed E-state index contributed by atoms with van der Waals surface area (Å²) in [5.74, 6) is 1.70. The van der Waals surface area contributed by atoms with Gasteiger partial charge in [-0.1, -0.05) is 42.6 Å². The van der Waals surface area contributed by atoms with Crippen LogP contribution in [0.5, 0.6) is 0 Å². The van der Waals surface area contributed by atoms with Crippen LogP contribution in [0.25, 0.3) is 11.5 Å². The minimum atomic E-state index is -0.466. The van der Waals surface area contributed by atoms with E-state index in [1.54, 1.807) is 0 Å². The van der Waals surface area contributed by atoms with Gasteiger partial charge in [-0.15, -0.1) is 0 Å². The quantitative estimate of drug-likeness (QED) is 0.908. The minimum Gasteiger partial charge on any atom is -0.334 e. The summed E-state index contributed by atoms with van der Waals surface area (Å²) in [5.41, 5.74) is 7.98. The predicted molar refractivity (Wildman–Crippen MR) is 83.0 cm³/mol. The Bertz CT molecular complexity index is 655. The van der Waals surface area contributed by atoms with Crippen molar-refractivity contribution in [1.82, 2.24) is 10.1 Å². The average molecular weight is 306 g/mol. The number of halogens is 1. The van der Waals surface area contributed by atoms with E-state index >= 15 is 0 Å². The van der Waals surface area contributed by atoms with Gasteiger partial charge in [-0.3, -0.25) is 0 Å². The van der Waals surface area contributed by atoms with Gasteiger partial charge in [0.1, 0.15) is 0 Å². The second-order valence-electron chi connectivity index (χ2n) is 6.24. The largest absolute Gasteiger partial charge is 0.334 e. The van der Waals surface area contributed by atoms with E-state index in [-0.39, 0.29) is 0 Å². The number of hydrogen-bond donors (Lipinski definition) is 1. The highest BCUT2D eigenvalue weighted by Crippen LogP contribution is 2.37. The molecule has 0 saturated heterocycles. The van der Waals surface area contributed by atoms with Crippen LogP contribution in [0.2, 0.25) is 5.02 Å². The lowest BCUT2D eigenvalue weighted by Gasteiger charge is -2.33. The third kappa shape index (κ3) is 2.83. The molecular weight excluding hydrogens is 286 g/mol. The fourth-order valence-corrected chi connectivity index (χ4v) is 3.33. The topological polar surface area (TPSA) is 64.9 Å². The van der Waals surface area contributed by atoms with Gasteiger partial charge < -0.3 is 10.3 Å². The molecule has 1 fully saturated rings. The lowest BCUT2D eigenvalue weighted by atomic mass is 9.76. The normalized spacial score (nSPS) is 26.0. The van der Waals surface area contributed by atoms with E-state index < -0.39 is 5.54 Å². The molecule has 0 aliphatic heterocycles. The van der Waals surface area contributed by atoms with E-state index in [9.17, 15) is 0 Å². The number of nitrogens with two attached hydrogens (primary N) is 1. The predicted octanol–water partition coefficient (Wildman–Crippen LogP) is 4.06. The number of aryl methyl sites for hydroxylation is 1. The van der Waals surface area contributed by atoms with Crippen LogP contribution in [-0.4, -0.2) is 10.1 Å². The fraction of sp³-hybridized carbons (Fsp3) is 0.500. The summed E-state index contributed by atoms with van der Waals surface area (Å²) >= 11 is 6.05. The van der Waals surface area contributed by atoms with E-state index in [0.29, 0.717) is 22.7 Å². The highest BCUT2D eigenvalue weighted by atomic mass is 35.5. The van der Waals surface area contributed by atoms with Crippen LogP contribution in [-0.2, 0) is 5.54 Å². The van der Waals surface area contributed by atoms with Crippen molar-refractivity contribution >= 4 is 11.6 Å². The van der Waals surface area contributed by atoms with Crippen LogP contribution in [0.15, 0.2) is 22.7 Å². The lowest BCUT2D eigenvalue weighted by Crippen LogP contribution is -2.42. The van der Waals surface area contributed by atoms with Gasteiger partial charge in [-0.25, -0.2) is 0 Å². The van der Waals surface area contributed by atoms with Gasteiger partial charge in [0, 0.05) is 10.6 Å². The number of rotatable bonds is 2. The molecule has 1 aromatic carbocycles. The molecule has 2 unspecified atom stereocenters. The molecule has 2 N–H and O–H groups in total. The van der Waals surface area contributed by atoms with Crippen LogP contribution in [0.3, 0.4) is 0 Å². The van der Waals surface area contributed by atoms with Gasteiger partial charge in [0.15, 0.2) is 5.82 Å². The molecule has 0 radical (unpaired) electrons. The summed E-state index contributed by atoms with van der Waals surface area (Å²) in [4.78, 5) is 4.55. The van der Waals surface area contributed by atoms with Crippen molar-refractivity contribution in [3.8, 4) is 11.5 Å². The van der Waals surface area contributed by atoms with Crippen LogP contribution < -0.4 is 5.73 Å². The molecule has 1 heterocycles. The summed E-state index contributed by atoms with van der Waals surface area (Å²) in [6.07, 6.45) is 4.14. The van der Waals surface area contributed by atoms with Crippen LogP contribution in [0, 0.1) is 12.8 Å². The molecule has 112 valence electrons. The van der Waals surface area contributed by atoms with Crippen LogP contribution >= 0.6 is 11.6 Å². The second kappa shape index (κ2) is 5.43. The molecule has 1 saturated carbocycles. The van der Waals surface area contributed by atoms with E-state index in [4.69, 9.17) is 21.9 Å². The first-order valence-corrected chi connectivity index (χ1v) is 7.75. The molecule has 0 bridgehead atoms. The van der Waals surface area contributed by atoms with Gasteiger partial charge in [0.2, 0.25) is 0 Å². The Morgan fingerprint density at radius 3 is 3.00 bits per heavy atom. The van der Waals surface area contributed by atoms with E-state index in [1.807, 2.05) is 25.1 Å². The van der Waals surface area contributed by atoms with Gasteiger partial charge in [-0.2, -0.15) is 4.98 Å². The van der Waals surface area contributed by atoms with Gasteiger partial charge in [0.25, 0.3) is 5.89 Å². The van der Waals surface area contributed by atoms with Crippen molar-refractivity contribution < 1.29 is 4.52 Å². The van der Waals surface area contributed by atoms with Gasteiger partial charge in [-0.05, 0) is 43.4 Å². The molecule has 5 heteroatoms. The Hall–Kier alpha value is -1.39. The lowest BCUT2D eigenvalue weighted by molar-refractivity contribution is 0.222. The standard InChI is InChI=1S/C16H20ClN3O/c1-10-4-3-7-16(18,9-10)15-19-14(21-20-15)13-8-12(17)6-5-11(13)2/h5-6,8,10H,3-4,7,9,18H2,1-2H3. The molecule has 2 atom stereocenters. The zero-order valence-corrected chi connectivity index (χ0v) is 13.2. The van der Waals surface area contributed by atoms with E-state index in [1.165, 1.54) is 6.42 Å². The highest BCUT2D eigenvalue weighted by Gasteiger charge is 2.37. The molecule has 1 aliphatic carbocycles. The molecule has 1 aromatic heterocycles. The zero-order valence-electron chi connectivity index (χ0n) is 12.4. The highest BCUT2D eigenvalue weighted by molar-refractivity contribution is 6.30. The van der Waals surface area contributed by atoms with Crippen molar-refractivity contribution in [2.24, 2.45) is 11.7 Å². The summed E-state index contributed by atoms with van der Waals surface area (Å²) in [5, 5.41) is 4.80. The Morgan fingerprint density at radius 2 is 2.24 bits per heavy atom. The SMILES string of the molecule is Cc1ccc(Cl)cc1-c1nc(C2(N)CCCC(C)C2)no1. The first-order chi connectivity index (χ1) is 9.98. The number of nitrogens with zero attached hydrogens (tertiary/aromatic N) is 2. The average Bonchev–Trinajstić information content (AvgIpc) is 2.91. The maximum absolute atomic E-state index is 6.52. The van der Waals surface area contributed by atoms with Crippen molar-refractivity contribution in [1.29, 1.82) is 0 Å². The molecule has 4 nitrogen and oxygen atoms in total. The Kier molecular flexibility index (Phi) is 3.76. The van der Waals surface area contributed by atoms with E-state index in [0.717, 1.165) is 30.4 Å². The molecule has 2 aromatic rings. The van der Waals surface area contributed by atoms with Crippen molar-refractivity contribution in [3.05, 3.63) is 34.6 Å². The maximum atomic E-state index is 6.52. The molecular formula is C16H20ClN3O. The number of hydrogen-bond acceptors (Lipinski definition) is 4. The molecule has 0 amide bonds. The second-order valence-corrected chi connectivity index (χ2v) is 6.68. The Labute approximate surface area is 129 Å². The number of aromatic nitrogens is 2. The fourth-order valence-electron chi connectivity index (χ4n) is 3.15. The zero-order chi connectivity index (χ0) is 15.0. The first-order valence-electron chi connectivity index (χ1n) is 7.37. The van der Waals surface area contributed by atoms with Gasteiger partial charge >= 0.3 is 0 Å². The van der Waals surface area contributed by atoms with Crippen LogP contribution in [0.1, 0.15) is 44.0 Å². The molecule has 1 aliphatic rings. The van der Waals surface area contributed by atoms with Crippen LogP contribution in [0.4, 0.5) is 0 Å². The summed E-state index contributed by atoms with van der Waals surface area (Å²) in [6.45, 7) is 4.22. The Morgan fingerprint density at radius 1 is 1.43 bits per heavy atom. The molecule has 0 spiro atoms. The summed E-state index contributed by atoms with van der Waals surface area (Å²) in [6, 6.07) is 5.65. The smallest absolute Gasteiger partial charge is 0.258 e. The molecule has 21 heavy (non-hydrogen) atoms. The third-order valence-electron chi connectivity index (χ3n) is 4.33. The van der Waals surface area contributed by atoms with Gasteiger partial charge in [0.05, 0.1) is 5.54 Å². The number of benzene rings is 1. The molecule has 3 rings (SSSR count). The first kappa shape index (κ1) is 14.5. The maximum Gasteiger partial charge on any atom is 0.258 e. The summed E-state index contributed by atoms with van der Waals surface area (Å²) < 4.78 is 5.44. The third-order valence-corrected chi connectivity index (χ3v) is 4.57. The monoisotopic (exact) mass is 305 g/mol. The summed E-state index contributed by atoms with van der Waals surface area (Å²) in [7, 11) is 0. The van der Waals surface area contributed by atoms with Crippen molar-refractivity contribution in [3.63, 3.8) is 0 Å². The van der Waals surface area contributed by atoms with E-state index in [2.05, 4.69) is 17.1 Å². The minimum absolute atomic E-state index is 0.466.